The highest BCUT2D eigenvalue weighted by Gasteiger charge is 2.56. The second-order valence-corrected chi connectivity index (χ2v) is 5.18. The fourth-order valence-corrected chi connectivity index (χ4v) is 2.59. The molecule has 1 aliphatic heterocycles. The van der Waals surface area contributed by atoms with Crippen molar-refractivity contribution in [2.24, 2.45) is 0 Å². The molecule has 1 aliphatic rings. The number of nitrogens with zero attached hydrogens (tertiary/aromatic N) is 2. The highest BCUT2D eigenvalue weighted by atomic mass is 19.4. The number of rotatable bonds is 4. The quantitative estimate of drug-likeness (QED) is 0.856. The lowest BCUT2D eigenvalue weighted by molar-refractivity contribution is -0.282. The molecular weight excluding hydrogens is 285 g/mol. The van der Waals surface area contributed by atoms with Crippen molar-refractivity contribution in [3.05, 3.63) is 23.9 Å². The molecule has 0 amide bonds. The van der Waals surface area contributed by atoms with Crippen molar-refractivity contribution >= 4 is 0 Å². The number of likely N-dealkylation sites (tertiary alicyclic amines) is 1. The summed E-state index contributed by atoms with van der Waals surface area (Å²) in [5.41, 5.74) is -1.03. The summed E-state index contributed by atoms with van der Waals surface area (Å²) in [6, 6.07) is 3.63. The van der Waals surface area contributed by atoms with Crippen LogP contribution < -0.4 is 4.74 Å². The maximum absolute atomic E-state index is 13.1. The van der Waals surface area contributed by atoms with Gasteiger partial charge in [0, 0.05) is 39.0 Å². The molecule has 0 radical (unpaired) electrons. The van der Waals surface area contributed by atoms with Crippen LogP contribution in [0.2, 0.25) is 0 Å². The summed E-state index contributed by atoms with van der Waals surface area (Å²) < 4.78 is 49.1. The van der Waals surface area contributed by atoms with E-state index in [1.807, 2.05) is 11.0 Å². The van der Waals surface area contributed by atoms with Crippen molar-refractivity contribution in [3.8, 4) is 5.88 Å². The Morgan fingerprint density at radius 1 is 1.29 bits per heavy atom. The van der Waals surface area contributed by atoms with Crippen LogP contribution in [0.4, 0.5) is 13.2 Å². The van der Waals surface area contributed by atoms with Gasteiger partial charge in [0.05, 0.1) is 7.11 Å². The molecule has 1 fully saturated rings. The summed E-state index contributed by atoms with van der Waals surface area (Å²) >= 11 is 0. The Kier molecular flexibility index (Phi) is 4.73. The molecule has 118 valence electrons. The molecule has 2 rings (SSSR count). The lowest BCUT2D eigenvalue weighted by Crippen LogP contribution is -2.54. The topological polar surface area (TPSA) is 34.6 Å². The Morgan fingerprint density at radius 2 is 1.95 bits per heavy atom. The first-order valence-electron chi connectivity index (χ1n) is 6.73. The predicted molar refractivity (Wildman–Crippen MR) is 71.1 cm³/mol. The minimum Gasteiger partial charge on any atom is -0.481 e. The van der Waals surface area contributed by atoms with E-state index in [1.165, 1.54) is 7.11 Å². The monoisotopic (exact) mass is 304 g/mol. The normalized spacial score (nSPS) is 19.5. The SMILES string of the molecule is COc1cc(CN2CCC(OC)(C(F)(F)F)CC2)ccn1. The van der Waals surface area contributed by atoms with E-state index in [2.05, 4.69) is 4.98 Å². The Bertz CT molecular complexity index is 472. The van der Waals surface area contributed by atoms with Crippen molar-refractivity contribution in [3.63, 3.8) is 0 Å². The maximum Gasteiger partial charge on any atom is 0.417 e. The van der Waals surface area contributed by atoms with E-state index >= 15 is 0 Å². The smallest absolute Gasteiger partial charge is 0.417 e. The van der Waals surface area contributed by atoms with Crippen LogP contribution in [-0.4, -0.2) is 49.0 Å². The second kappa shape index (κ2) is 6.19. The Hall–Kier alpha value is -1.34. The standard InChI is InChI=1S/C14H19F3N2O2/c1-20-12-9-11(3-6-18-12)10-19-7-4-13(21-2,5-8-19)14(15,16)17/h3,6,9H,4-5,7-8,10H2,1-2H3. The average Bonchev–Trinajstić information content (AvgIpc) is 2.47. The van der Waals surface area contributed by atoms with Crippen LogP contribution in [0.1, 0.15) is 18.4 Å². The molecule has 7 heteroatoms. The van der Waals surface area contributed by atoms with Gasteiger partial charge in [0.2, 0.25) is 5.88 Å². The van der Waals surface area contributed by atoms with Crippen LogP contribution in [-0.2, 0) is 11.3 Å². The van der Waals surface area contributed by atoms with Gasteiger partial charge in [-0.15, -0.1) is 0 Å². The number of hydrogen-bond donors (Lipinski definition) is 0. The van der Waals surface area contributed by atoms with E-state index < -0.39 is 11.8 Å². The van der Waals surface area contributed by atoms with Crippen molar-refractivity contribution in [1.82, 2.24) is 9.88 Å². The maximum atomic E-state index is 13.1. The Balaban J connectivity index is 1.98. The highest BCUT2D eigenvalue weighted by molar-refractivity contribution is 5.20. The van der Waals surface area contributed by atoms with Gasteiger partial charge in [-0.25, -0.2) is 4.98 Å². The number of methoxy groups -OCH3 is 2. The highest BCUT2D eigenvalue weighted by Crippen LogP contribution is 2.41. The van der Waals surface area contributed by atoms with Crippen molar-refractivity contribution in [2.75, 3.05) is 27.3 Å². The van der Waals surface area contributed by atoms with Gasteiger partial charge in [0.1, 0.15) is 0 Å². The summed E-state index contributed by atoms with van der Waals surface area (Å²) in [6.07, 6.45) is -2.79. The number of pyridine rings is 1. The zero-order chi connectivity index (χ0) is 15.5. The van der Waals surface area contributed by atoms with E-state index in [9.17, 15) is 13.2 Å². The molecule has 0 atom stereocenters. The molecule has 4 nitrogen and oxygen atoms in total. The summed E-state index contributed by atoms with van der Waals surface area (Å²) in [5.74, 6) is 0.506. The van der Waals surface area contributed by atoms with E-state index in [0.29, 0.717) is 25.5 Å². The number of hydrogen-bond acceptors (Lipinski definition) is 4. The zero-order valence-corrected chi connectivity index (χ0v) is 12.1. The van der Waals surface area contributed by atoms with Crippen LogP contribution >= 0.6 is 0 Å². The predicted octanol–water partition coefficient (Wildman–Crippen LogP) is 2.63. The van der Waals surface area contributed by atoms with Gasteiger partial charge in [-0.2, -0.15) is 13.2 Å². The first-order valence-corrected chi connectivity index (χ1v) is 6.73. The number of alkyl halides is 3. The molecule has 21 heavy (non-hydrogen) atoms. The molecule has 0 aromatic carbocycles. The van der Waals surface area contributed by atoms with Crippen LogP contribution in [0.5, 0.6) is 5.88 Å². The molecule has 0 spiro atoms. The fourth-order valence-electron chi connectivity index (χ4n) is 2.59. The van der Waals surface area contributed by atoms with E-state index in [4.69, 9.17) is 9.47 Å². The van der Waals surface area contributed by atoms with E-state index in [0.717, 1.165) is 12.7 Å². The first-order chi connectivity index (χ1) is 9.90. The third-order valence-corrected chi connectivity index (χ3v) is 3.99. The number of aromatic nitrogens is 1. The molecule has 2 heterocycles. The largest absolute Gasteiger partial charge is 0.481 e. The zero-order valence-electron chi connectivity index (χ0n) is 12.1. The second-order valence-electron chi connectivity index (χ2n) is 5.18. The van der Waals surface area contributed by atoms with Crippen molar-refractivity contribution < 1.29 is 22.6 Å². The Morgan fingerprint density at radius 3 is 2.48 bits per heavy atom. The van der Waals surface area contributed by atoms with E-state index in [-0.39, 0.29) is 12.8 Å². The molecule has 0 saturated carbocycles. The van der Waals surface area contributed by atoms with Gasteiger partial charge in [-0.1, -0.05) is 0 Å². The molecule has 0 bridgehead atoms. The molecule has 0 N–H and O–H groups in total. The minimum atomic E-state index is -4.33. The summed E-state index contributed by atoms with van der Waals surface area (Å²) in [4.78, 5) is 5.99. The third-order valence-electron chi connectivity index (χ3n) is 3.99. The van der Waals surface area contributed by atoms with Crippen LogP contribution in [0.3, 0.4) is 0 Å². The lowest BCUT2D eigenvalue weighted by Gasteiger charge is -2.41. The molecular formula is C14H19F3N2O2. The fraction of sp³-hybridized carbons (Fsp3) is 0.643. The van der Waals surface area contributed by atoms with Crippen molar-refractivity contribution in [2.45, 2.75) is 31.2 Å². The summed E-state index contributed by atoms with van der Waals surface area (Å²) in [5, 5.41) is 0. The van der Waals surface area contributed by atoms with Crippen LogP contribution in [0, 0.1) is 0 Å². The first kappa shape index (κ1) is 16.0. The summed E-state index contributed by atoms with van der Waals surface area (Å²) in [7, 11) is 2.67. The van der Waals surface area contributed by atoms with Gasteiger partial charge in [-0.05, 0) is 24.5 Å². The lowest BCUT2D eigenvalue weighted by atomic mass is 9.90. The summed E-state index contributed by atoms with van der Waals surface area (Å²) in [6.45, 7) is 1.27. The van der Waals surface area contributed by atoms with Gasteiger partial charge in [0.25, 0.3) is 0 Å². The molecule has 1 aromatic rings. The number of halogens is 3. The molecule has 1 saturated heterocycles. The average molecular weight is 304 g/mol. The van der Waals surface area contributed by atoms with Gasteiger partial charge in [-0.3, -0.25) is 4.90 Å². The number of ether oxygens (including phenoxy) is 2. The number of piperidine rings is 1. The van der Waals surface area contributed by atoms with E-state index in [1.54, 1.807) is 12.3 Å². The molecule has 0 unspecified atom stereocenters. The van der Waals surface area contributed by atoms with Gasteiger partial charge >= 0.3 is 6.18 Å². The van der Waals surface area contributed by atoms with Crippen molar-refractivity contribution in [1.29, 1.82) is 0 Å². The Labute approximate surface area is 121 Å². The van der Waals surface area contributed by atoms with Gasteiger partial charge in [0.15, 0.2) is 5.60 Å². The minimum absolute atomic E-state index is 0.0464. The van der Waals surface area contributed by atoms with Gasteiger partial charge < -0.3 is 9.47 Å². The molecule has 1 aromatic heterocycles. The van der Waals surface area contributed by atoms with Crippen LogP contribution in [0.25, 0.3) is 0 Å². The van der Waals surface area contributed by atoms with Crippen LogP contribution in [0.15, 0.2) is 18.3 Å². The third kappa shape index (κ3) is 3.47. The molecule has 0 aliphatic carbocycles.